The van der Waals surface area contributed by atoms with Gasteiger partial charge in [-0.05, 0) is 42.5 Å². The summed E-state index contributed by atoms with van der Waals surface area (Å²) in [6.45, 7) is 5.16. The molecule has 1 amide bonds. The number of halogens is 1. The zero-order valence-corrected chi connectivity index (χ0v) is 17.2. The zero-order valence-electron chi connectivity index (χ0n) is 15.6. The average Bonchev–Trinajstić information content (AvgIpc) is 3.17. The van der Waals surface area contributed by atoms with E-state index in [-0.39, 0.29) is 5.91 Å². The van der Waals surface area contributed by atoms with Gasteiger partial charge in [-0.25, -0.2) is 4.68 Å². The Balaban J connectivity index is 1.71. The molecule has 27 heavy (non-hydrogen) atoms. The Morgan fingerprint density at radius 1 is 1.26 bits per heavy atom. The summed E-state index contributed by atoms with van der Waals surface area (Å²) in [5.74, 6) is -0.0610. The number of amides is 1. The SMILES string of the molecule is Cc1ccsc1CN(C)C(=O)/C=C/c1c(C)nn(Cc2ccccc2)c1Cl. The van der Waals surface area contributed by atoms with Gasteiger partial charge in [-0.15, -0.1) is 11.3 Å². The maximum absolute atomic E-state index is 12.4. The molecule has 0 N–H and O–H groups in total. The second-order valence-electron chi connectivity index (χ2n) is 6.49. The van der Waals surface area contributed by atoms with Crippen LogP contribution in [0, 0.1) is 13.8 Å². The Labute approximate surface area is 168 Å². The van der Waals surface area contributed by atoms with Gasteiger partial charge in [0, 0.05) is 23.6 Å². The maximum Gasteiger partial charge on any atom is 0.246 e. The van der Waals surface area contributed by atoms with E-state index in [1.165, 1.54) is 10.4 Å². The number of nitrogens with zero attached hydrogens (tertiary/aromatic N) is 3. The van der Waals surface area contributed by atoms with Crippen LogP contribution < -0.4 is 0 Å². The smallest absolute Gasteiger partial charge is 0.246 e. The lowest BCUT2D eigenvalue weighted by Crippen LogP contribution is -2.23. The van der Waals surface area contributed by atoms with E-state index in [4.69, 9.17) is 11.6 Å². The van der Waals surface area contributed by atoms with Crippen LogP contribution in [0.4, 0.5) is 0 Å². The van der Waals surface area contributed by atoms with E-state index in [1.807, 2.05) is 42.6 Å². The summed E-state index contributed by atoms with van der Waals surface area (Å²) < 4.78 is 1.76. The molecule has 0 aliphatic carbocycles. The van der Waals surface area contributed by atoms with Gasteiger partial charge in [-0.1, -0.05) is 41.9 Å². The summed E-state index contributed by atoms with van der Waals surface area (Å²) in [5.41, 5.74) is 3.92. The minimum Gasteiger partial charge on any atom is -0.337 e. The molecule has 0 aliphatic heterocycles. The van der Waals surface area contributed by atoms with Crippen molar-refractivity contribution in [1.82, 2.24) is 14.7 Å². The van der Waals surface area contributed by atoms with Crippen LogP contribution in [0.25, 0.3) is 6.08 Å². The summed E-state index contributed by atoms with van der Waals surface area (Å²) in [7, 11) is 1.80. The molecule has 0 saturated carbocycles. The fourth-order valence-corrected chi connectivity index (χ4v) is 4.01. The number of carbonyl (C=O) groups is 1. The van der Waals surface area contributed by atoms with Crippen molar-refractivity contribution >= 4 is 34.9 Å². The highest BCUT2D eigenvalue weighted by Crippen LogP contribution is 2.23. The topological polar surface area (TPSA) is 38.1 Å². The summed E-state index contributed by atoms with van der Waals surface area (Å²) in [5, 5.41) is 7.09. The first-order chi connectivity index (χ1) is 13.0. The third-order valence-corrected chi connectivity index (χ3v) is 5.81. The molecule has 0 bridgehead atoms. The molecular weight excluding hydrogens is 378 g/mol. The van der Waals surface area contributed by atoms with Crippen molar-refractivity contribution in [1.29, 1.82) is 0 Å². The standard InChI is InChI=1S/C21H22ClN3OS/c1-15-11-12-27-19(15)14-24(3)20(26)10-9-18-16(2)23-25(21(18)22)13-17-7-5-4-6-8-17/h4-12H,13-14H2,1-3H3/b10-9+. The Hall–Kier alpha value is -2.37. The molecule has 0 aliphatic rings. The number of rotatable bonds is 6. The molecule has 0 atom stereocenters. The van der Waals surface area contributed by atoms with Gasteiger partial charge in [0.25, 0.3) is 0 Å². The third-order valence-electron chi connectivity index (χ3n) is 4.40. The number of aryl methyl sites for hydroxylation is 2. The first kappa shape index (κ1) is 19.4. The lowest BCUT2D eigenvalue weighted by atomic mass is 10.2. The quantitative estimate of drug-likeness (QED) is 0.551. The molecule has 140 valence electrons. The summed E-state index contributed by atoms with van der Waals surface area (Å²) in [4.78, 5) is 15.3. The first-order valence-corrected chi connectivity index (χ1v) is 9.94. The van der Waals surface area contributed by atoms with Crippen LogP contribution in [-0.2, 0) is 17.9 Å². The zero-order chi connectivity index (χ0) is 19.4. The highest BCUT2D eigenvalue weighted by atomic mass is 35.5. The van der Waals surface area contributed by atoms with Crippen LogP contribution in [0.15, 0.2) is 47.9 Å². The van der Waals surface area contributed by atoms with Crippen molar-refractivity contribution in [3.8, 4) is 0 Å². The molecule has 1 aromatic carbocycles. The van der Waals surface area contributed by atoms with Crippen LogP contribution >= 0.6 is 22.9 Å². The molecule has 0 radical (unpaired) electrons. The van der Waals surface area contributed by atoms with Crippen molar-refractivity contribution in [3.63, 3.8) is 0 Å². The molecule has 6 heteroatoms. The Morgan fingerprint density at radius 2 is 2.00 bits per heavy atom. The lowest BCUT2D eigenvalue weighted by Gasteiger charge is -2.14. The van der Waals surface area contributed by atoms with Gasteiger partial charge in [-0.3, -0.25) is 4.79 Å². The van der Waals surface area contributed by atoms with E-state index in [9.17, 15) is 4.79 Å². The van der Waals surface area contributed by atoms with Crippen LogP contribution in [-0.4, -0.2) is 27.6 Å². The highest BCUT2D eigenvalue weighted by molar-refractivity contribution is 7.10. The molecule has 2 aromatic heterocycles. The Kier molecular flexibility index (Phi) is 6.14. The van der Waals surface area contributed by atoms with Crippen molar-refractivity contribution < 1.29 is 4.79 Å². The number of likely N-dealkylation sites (N-methyl/N-ethyl adjacent to an activating group) is 1. The Morgan fingerprint density at radius 3 is 2.67 bits per heavy atom. The summed E-state index contributed by atoms with van der Waals surface area (Å²) >= 11 is 8.17. The van der Waals surface area contributed by atoms with Gasteiger partial charge in [0.15, 0.2) is 0 Å². The number of carbonyl (C=O) groups excluding carboxylic acids is 1. The number of benzene rings is 1. The van der Waals surface area contributed by atoms with Gasteiger partial charge >= 0.3 is 0 Å². The molecule has 0 unspecified atom stereocenters. The van der Waals surface area contributed by atoms with E-state index in [2.05, 4.69) is 18.1 Å². The fraction of sp³-hybridized carbons (Fsp3) is 0.238. The number of aromatic nitrogens is 2. The number of hydrogen-bond donors (Lipinski definition) is 0. The summed E-state index contributed by atoms with van der Waals surface area (Å²) in [6.07, 6.45) is 3.32. The second kappa shape index (κ2) is 8.55. The van der Waals surface area contributed by atoms with E-state index in [1.54, 1.807) is 40.1 Å². The van der Waals surface area contributed by atoms with Crippen LogP contribution in [0.3, 0.4) is 0 Å². The minimum atomic E-state index is -0.0610. The summed E-state index contributed by atoms with van der Waals surface area (Å²) in [6, 6.07) is 12.1. The van der Waals surface area contributed by atoms with E-state index < -0.39 is 0 Å². The minimum absolute atomic E-state index is 0.0610. The monoisotopic (exact) mass is 399 g/mol. The highest BCUT2D eigenvalue weighted by Gasteiger charge is 2.13. The maximum atomic E-state index is 12.4. The normalized spacial score (nSPS) is 11.3. The molecule has 2 heterocycles. The second-order valence-corrected chi connectivity index (χ2v) is 7.85. The largest absolute Gasteiger partial charge is 0.337 e. The van der Waals surface area contributed by atoms with Crippen molar-refractivity contribution in [3.05, 3.63) is 80.3 Å². The van der Waals surface area contributed by atoms with Gasteiger partial charge < -0.3 is 4.90 Å². The fourth-order valence-electron chi connectivity index (χ4n) is 2.76. The average molecular weight is 400 g/mol. The van der Waals surface area contributed by atoms with Gasteiger partial charge in [0.1, 0.15) is 5.15 Å². The first-order valence-electron chi connectivity index (χ1n) is 8.68. The van der Waals surface area contributed by atoms with Gasteiger partial charge in [0.2, 0.25) is 5.91 Å². The predicted molar refractivity (Wildman–Crippen MR) is 112 cm³/mol. The molecule has 0 saturated heterocycles. The Bertz CT molecular complexity index is 959. The third kappa shape index (κ3) is 4.67. The van der Waals surface area contributed by atoms with E-state index in [0.717, 1.165) is 16.8 Å². The molecule has 3 rings (SSSR count). The van der Waals surface area contributed by atoms with Crippen LogP contribution in [0.2, 0.25) is 5.15 Å². The van der Waals surface area contributed by atoms with E-state index in [0.29, 0.717) is 18.2 Å². The van der Waals surface area contributed by atoms with E-state index >= 15 is 0 Å². The van der Waals surface area contributed by atoms with Crippen molar-refractivity contribution in [2.45, 2.75) is 26.9 Å². The number of hydrogen-bond acceptors (Lipinski definition) is 3. The molecule has 3 aromatic rings. The molecule has 0 fully saturated rings. The van der Waals surface area contributed by atoms with Gasteiger partial charge in [0.05, 0.1) is 18.8 Å². The van der Waals surface area contributed by atoms with Crippen molar-refractivity contribution in [2.75, 3.05) is 7.05 Å². The van der Waals surface area contributed by atoms with Gasteiger partial charge in [-0.2, -0.15) is 5.10 Å². The van der Waals surface area contributed by atoms with Crippen molar-refractivity contribution in [2.24, 2.45) is 0 Å². The van der Waals surface area contributed by atoms with Crippen LogP contribution in [0.5, 0.6) is 0 Å². The molecular formula is C21H22ClN3OS. The predicted octanol–water partition coefficient (Wildman–Crippen LogP) is 4.93. The number of thiophene rings is 1. The van der Waals surface area contributed by atoms with Crippen LogP contribution in [0.1, 0.15) is 27.3 Å². The molecule has 0 spiro atoms. The molecule has 4 nitrogen and oxygen atoms in total. The lowest BCUT2D eigenvalue weighted by molar-refractivity contribution is -0.125.